The van der Waals surface area contributed by atoms with Crippen molar-refractivity contribution in [2.75, 3.05) is 13.1 Å². The van der Waals surface area contributed by atoms with Gasteiger partial charge in [0.1, 0.15) is 5.82 Å². The molecule has 1 fully saturated rings. The van der Waals surface area contributed by atoms with Gasteiger partial charge in [-0.05, 0) is 31.5 Å². The van der Waals surface area contributed by atoms with Crippen LogP contribution in [0.15, 0.2) is 18.5 Å². The lowest BCUT2D eigenvalue weighted by Gasteiger charge is -2.03. The van der Waals surface area contributed by atoms with Crippen LogP contribution in [0.1, 0.15) is 12.2 Å². The molecule has 1 aliphatic rings. The topological polar surface area (TPSA) is 53.6 Å². The number of imidazole rings is 1. The highest BCUT2D eigenvalue weighted by atomic mass is 14.9. The molecule has 1 unspecified atom stereocenters. The average Bonchev–Trinajstić information content (AvgIpc) is 2.86. The summed E-state index contributed by atoms with van der Waals surface area (Å²) >= 11 is 0. The first kappa shape index (κ1) is 8.85. The number of rotatable bonds is 2. The molecule has 78 valence electrons. The minimum atomic E-state index is 0.735. The van der Waals surface area contributed by atoms with E-state index in [9.17, 15) is 0 Å². The first-order chi connectivity index (χ1) is 7.42. The van der Waals surface area contributed by atoms with Crippen molar-refractivity contribution in [3.8, 4) is 0 Å². The van der Waals surface area contributed by atoms with Crippen LogP contribution in [0.3, 0.4) is 0 Å². The Morgan fingerprint density at radius 3 is 3.27 bits per heavy atom. The molecule has 1 aliphatic heterocycles. The van der Waals surface area contributed by atoms with E-state index in [4.69, 9.17) is 0 Å². The van der Waals surface area contributed by atoms with Gasteiger partial charge in [-0.25, -0.2) is 4.98 Å². The maximum atomic E-state index is 4.55. The molecule has 1 atom stereocenters. The van der Waals surface area contributed by atoms with Crippen LogP contribution in [0, 0.1) is 5.92 Å². The Hall–Kier alpha value is -1.42. The standard InChI is InChI=1S/C11H14N4/c1-3-12-6-8(1)5-11-14-9-2-4-13-7-10(9)15-11/h2,4,7-8,12H,1,3,5-6H2,(H,14,15). The summed E-state index contributed by atoms with van der Waals surface area (Å²) in [5.41, 5.74) is 2.06. The Kier molecular flexibility index (Phi) is 2.14. The number of hydrogen-bond acceptors (Lipinski definition) is 3. The molecule has 2 aromatic rings. The summed E-state index contributed by atoms with van der Waals surface area (Å²) < 4.78 is 0. The maximum Gasteiger partial charge on any atom is 0.107 e. The number of pyridine rings is 1. The molecular formula is C11H14N4. The molecule has 0 spiro atoms. The van der Waals surface area contributed by atoms with Crippen molar-refractivity contribution in [1.29, 1.82) is 0 Å². The number of fused-ring (bicyclic) bond motifs is 1. The fourth-order valence-electron chi connectivity index (χ4n) is 2.17. The lowest BCUT2D eigenvalue weighted by molar-refractivity contribution is 0.565. The van der Waals surface area contributed by atoms with Crippen LogP contribution >= 0.6 is 0 Å². The van der Waals surface area contributed by atoms with Crippen LogP contribution in [0.4, 0.5) is 0 Å². The number of aromatic nitrogens is 3. The highest BCUT2D eigenvalue weighted by molar-refractivity contribution is 5.73. The van der Waals surface area contributed by atoms with Gasteiger partial charge in [-0.2, -0.15) is 0 Å². The average molecular weight is 202 g/mol. The van der Waals surface area contributed by atoms with Gasteiger partial charge >= 0.3 is 0 Å². The summed E-state index contributed by atoms with van der Waals surface area (Å²) in [5, 5.41) is 3.37. The molecule has 0 aromatic carbocycles. The van der Waals surface area contributed by atoms with E-state index in [2.05, 4.69) is 20.3 Å². The smallest absolute Gasteiger partial charge is 0.107 e. The van der Waals surface area contributed by atoms with Gasteiger partial charge in [0, 0.05) is 12.6 Å². The fourth-order valence-corrected chi connectivity index (χ4v) is 2.17. The van der Waals surface area contributed by atoms with Crippen molar-refractivity contribution >= 4 is 11.0 Å². The van der Waals surface area contributed by atoms with Crippen molar-refractivity contribution < 1.29 is 0 Å². The lowest BCUT2D eigenvalue weighted by Crippen LogP contribution is -2.11. The van der Waals surface area contributed by atoms with E-state index >= 15 is 0 Å². The highest BCUT2D eigenvalue weighted by Gasteiger charge is 2.16. The maximum absolute atomic E-state index is 4.55. The van der Waals surface area contributed by atoms with E-state index in [1.54, 1.807) is 6.20 Å². The predicted molar refractivity (Wildman–Crippen MR) is 58.6 cm³/mol. The molecule has 0 saturated carbocycles. The van der Waals surface area contributed by atoms with E-state index in [0.29, 0.717) is 0 Å². The normalized spacial score (nSPS) is 21.2. The third-order valence-electron chi connectivity index (χ3n) is 2.98. The zero-order valence-electron chi connectivity index (χ0n) is 8.53. The van der Waals surface area contributed by atoms with Gasteiger partial charge in [0.05, 0.1) is 17.2 Å². The van der Waals surface area contributed by atoms with E-state index in [-0.39, 0.29) is 0 Å². The first-order valence-corrected chi connectivity index (χ1v) is 5.41. The van der Waals surface area contributed by atoms with Gasteiger partial charge in [-0.15, -0.1) is 0 Å². The molecule has 0 aliphatic carbocycles. The van der Waals surface area contributed by atoms with Gasteiger partial charge in [0.2, 0.25) is 0 Å². The van der Waals surface area contributed by atoms with Crippen LogP contribution < -0.4 is 5.32 Å². The van der Waals surface area contributed by atoms with E-state index in [1.807, 2.05) is 12.3 Å². The molecule has 15 heavy (non-hydrogen) atoms. The molecule has 4 heteroatoms. The number of aromatic amines is 1. The highest BCUT2D eigenvalue weighted by Crippen LogP contribution is 2.15. The monoisotopic (exact) mass is 202 g/mol. The van der Waals surface area contributed by atoms with Crippen molar-refractivity contribution in [3.63, 3.8) is 0 Å². The molecular weight excluding hydrogens is 188 g/mol. The fraction of sp³-hybridized carbons (Fsp3) is 0.455. The van der Waals surface area contributed by atoms with Crippen LogP contribution in [0.25, 0.3) is 11.0 Å². The SMILES string of the molecule is c1cc2nc(CC3CCNC3)[nH]c2cn1. The molecule has 0 bridgehead atoms. The molecule has 3 rings (SSSR count). The Balaban J connectivity index is 1.84. The summed E-state index contributed by atoms with van der Waals surface area (Å²) in [6.45, 7) is 2.27. The Morgan fingerprint density at radius 2 is 2.47 bits per heavy atom. The number of H-pyrrole nitrogens is 1. The molecule has 2 aromatic heterocycles. The van der Waals surface area contributed by atoms with Gasteiger partial charge in [-0.3, -0.25) is 4.98 Å². The van der Waals surface area contributed by atoms with Crippen molar-refractivity contribution in [2.45, 2.75) is 12.8 Å². The van der Waals surface area contributed by atoms with Gasteiger partial charge in [-0.1, -0.05) is 0 Å². The number of nitrogens with zero attached hydrogens (tertiary/aromatic N) is 2. The summed E-state index contributed by atoms with van der Waals surface area (Å²) in [6, 6.07) is 1.95. The Bertz CT molecular complexity index is 423. The molecule has 4 nitrogen and oxygen atoms in total. The summed E-state index contributed by atoms with van der Waals surface area (Å²) in [4.78, 5) is 11.9. The number of hydrogen-bond donors (Lipinski definition) is 2. The van der Waals surface area contributed by atoms with E-state index < -0.39 is 0 Å². The summed E-state index contributed by atoms with van der Waals surface area (Å²) in [5.74, 6) is 1.82. The lowest BCUT2D eigenvalue weighted by atomic mass is 10.1. The minimum absolute atomic E-state index is 0.735. The summed E-state index contributed by atoms with van der Waals surface area (Å²) in [7, 11) is 0. The van der Waals surface area contributed by atoms with Crippen molar-refractivity contribution in [2.24, 2.45) is 5.92 Å². The zero-order chi connectivity index (χ0) is 10.1. The van der Waals surface area contributed by atoms with Gasteiger partial charge in [0.25, 0.3) is 0 Å². The van der Waals surface area contributed by atoms with E-state index in [1.165, 1.54) is 6.42 Å². The van der Waals surface area contributed by atoms with E-state index in [0.717, 1.165) is 42.3 Å². The predicted octanol–water partition coefficient (Wildman–Crippen LogP) is 1.11. The Morgan fingerprint density at radius 1 is 1.47 bits per heavy atom. The third-order valence-corrected chi connectivity index (χ3v) is 2.98. The third kappa shape index (κ3) is 1.72. The van der Waals surface area contributed by atoms with Gasteiger partial charge < -0.3 is 10.3 Å². The number of nitrogens with one attached hydrogen (secondary N) is 2. The second-order valence-corrected chi connectivity index (χ2v) is 4.14. The second kappa shape index (κ2) is 3.62. The molecule has 2 N–H and O–H groups in total. The molecule has 3 heterocycles. The van der Waals surface area contributed by atoms with Crippen molar-refractivity contribution in [3.05, 3.63) is 24.3 Å². The molecule has 1 saturated heterocycles. The van der Waals surface area contributed by atoms with Crippen LogP contribution in [0.2, 0.25) is 0 Å². The largest absolute Gasteiger partial charge is 0.341 e. The van der Waals surface area contributed by atoms with Gasteiger partial charge in [0.15, 0.2) is 0 Å². The quantitative estimate of drug-likeness (QED) is 0.767. The van der Waals surface area contributed by atoms with Crippen LogP contribution in [0.5, 0.6) is 0 Å². The van der Waals surface area contributed by atoms with Crippen molar-refractivity contribution in [1.82, 2.24) is 20.3 Å². The molecule has 0 amide bonds. The van der Waals surface area contributed by atoms with Crippen LogP contribution in [-0.2, 0) is 6.42 Å². The molecule has 0 radical (unpaired) electrons. The zero-order valence-corrected chi connectivity index (χ0v) is 8.53. The second-order valence-electron chi connectivity index (χ2n) is 4.14. The minimum Gasteiger partial charge on any atom is -0.341 e. The first-order valence-electron chi connectivity index (χ1n) is 5.41. The van der Waals surface area contributed by atoms with Crippen LogP contribution in [-0.4, -0.2) is 28.0 Å². The summed E-state index contributed by atoms with van der Waals surface area (Å²) in [6.07, 6.45) is 5.92. The Labute approximate surface area is 88.1 Å².